The predicted octanol–water partition coefficient (Wildman–Crippen LogP) is 13.1. The first-order valence-electron chi connectivity index (χ1n) is 18.0. The zero-order valence-electron chi connectivity index (χ0n) is 30.4. The molecule has 0 spiro atoms. The number of hydrogen-bond donors (Lipinski definition) is 1. The van der Waals surface area contributed by atoms with Gasteiger partial charge in [-0.2, -0.15) is 0 Å². The molecule has 5 aromatic carbocycles. The van der Waals surface area contributed by atoms with Crippen molar-refractivity contribution in [3.63, 3.8) is 0 Å². The summed E-state index contributed by atoms with van der Waals surface area (Å²) in [7, 11) is 0. The summed E-state index contributed by atoms with van der Waals surface area (Å²) in [6.07, 6.45) is 23.8. The summed E-state index contributed by atoms with van der Waals surface area (Å²) < 4.78 is 0. The second kappa shape index (κ2) is 17.1. The Kier molecular flexibility index (Phi) is 11.7. The third-order valence-electron chi connectivity index (χ3n) is 9.55. The fourth-order valence-corrected chi connectivity index (χ4v) is 6.78. The topological polar surface area (TPSA) is 38.4 Å². The van der Waals surface area contributed by atoms with Crippen LogP contribution >= 0.6 is 0 Å². The van der Waals surface area contributed by atoms with Crippen LogP contribution in [0.1, 0.15) is 49.4 Å². The average molecular weight is 675 g/mol. The first kappa shape index (κ1) is 35.6. The summed E-state index contributed by atoms with van der Waals surface area (Å²) in [6.45, 7) is 10.7. The lowest BCUT2D eigenvalue weighted by molar-refractivity contribution is 0.928. The zero-order chi connectivity index (χ0) is 36.3. The predicted molar refractivity (Wildman–Crippen MR) is 228 cm³/mol. The molecule has 0 atom stereocenters. The molecule has 0 saturated heterocycles. The van der Waals surface area contributed by atoms with Gasteiger partial charge >= 0.3 is 0 Å². The highest BCUT2D eigenvalue weighted by Gasteiger charge is 2.20. The van der Waals surface area contributed by atoms with Crippen LogP contribution in [0.15, 0.2) is 193 Å². The Morgan fingerprint density at radius 1 is 0.615 bits per heavy atom. The minimum Gasteiger partial charge on any atom is -0.405 e. The molecule has 0 fully saturated rings. The maximum Gasteiger partial charge on any atom is 0.0742 e. The van der Waals surface area contributed by atoms with E-state index in [0.29, 0.717) is 0 Å². The van der Waals surface area contributed by atoms with Crippen LogP contribution < -0.4 is 5.73 Å². The van der Waals surface area contributed by atoms with E-state index >= 15 is 0 Å². The minimum atomic E-state index is 0.863. The SMILES string of the molecule is C=C(/C=C\C(=C/C)c1cccc(-c2ccccc2)c1)C1=C(N=C/C=C\C=C/C)c2ccc(-c3ccc4ccc(C(/C=C\N)=C/C)cc4c3)cc2CC1. The van der Waals surface area contributed by atoms with Crippen LogP contribution in [0, 0.1) is 0 Å². The van der Waals surface area contributed by atoms with Crippen molar-refractivity contribution in [2.75, 3.05) is 0 Å². The zero-order valence-corrected chi connectivity index (χ0v) is 30.4. The van der Waals surface area contributed by atoms with E-state index in [4.69, 9.17) is 10.7 Å². The van der Waals surface area contributed by atoms with Gasteiger partial charge in [-0.15, -0.1) is 0 Å². The van der Waals surface area contributed by atoms with Gasteiger partial charge in [0.15, 0.2) is 0 Å². The molecular weight excluding hydrogens is 629 g/mol. The summed E-state index contributed by atoms with van der Waals surface area (Å²) in [6, 6.07) is 39.3. The van der Waals surface area contributed by atoms with Crippen molar-refractivity contribution in [3.8, 4) is 22.3 Å². The molecule has 5 aromatic rings. The first-order valence-corrected chi connectivity index (χ1v) is 18.0. The largest absolute Gasteiger partial charge is 0.405 e. The van der Waals surface area contributed by atoms with Crippen LogP contribution in [-0.4, -0.2) is 6.21 Å². The molecule has 0 bridgehead atoms. The van der Waals surface area contributed by atoms with Crippen LogP contribution in [0.25, 0.3) is 49.9 Å². The van der Waals surface area contributed by atoms with Gasteiger partial charge in [-0.05, 0) is 142 Å². The number of aryl methyl sites for hydroxylation is 1. The van der Waals surface area contributed by atoms with Crippen molar-refractivity contribution in [2.45, 2.75) is 33.6 Å². The van der Waals surface area contributed by atoms with Crippen molar-refractivity contribution >= 4 is 33.8 Å². The Morgan fingerprint density at radius 3 is 2.12 bits per heavy atom. The lowest BCUT2D eigenvalue weighted by atomic mass is 9.84. The van der Waals surface area contributed by atoms with Crippen LogP contribution in [0.4, 0.5) is 0 Å². The standard InChI is InChI=1S/C50H46N2/c1-5-8-9-13-31-52-50-48(36(4)19-20-37(6-2)41-17-14-18-42(32-41)39-15-11-10-12-16-39)27-26-46-33-45(25-28-49(46)50)44-24-22-40-21-23-43(34-47(40)35-44)38(7-3)29-30-51/h5-25,28-35H,4,26-27,51H2,1-3H3/b8-5-,13-9-,20-19-,30-29-,37-6+,38-7+,52-31?. The summed E-state index contributed by atoms with van der Waals surface area (Å²) in [5.41, 5.74) is 20.7. The van der Waals surface area contributed by atoms with E-state index in [1.165, 1.54) is 49.7 Å². The molecule has 0 aliphatic heterocycles. The molecule has 1 aliphatic rings. The summed E-state index contributed by atoms with van der Waals surface area (Å²) >= 11 is 0. The lowest BCUT2D eigenvalue weighted by Crippen LogP contribution is -2.06. The Hall–Kier alpha value is -6.25. The van der Waals surface area contributed by atoms with E-state index in [1.54, 1.807) is 6.20 Å². The molecule has 6 rings (SSSR count). The number of nitrogens with two attached hydrogens (primary N) is 1. The van der Waals surface area contributed by atoms with Crippen LogP contribution in [0.5, 0.6) is 0 Å². The van der Waals surface area contributed by atoms with Gasteiger partial charge < -0.3 is 5.73 Å². The molecule has 0 saturated carbocycles. The van der Waals surface area contributed by atoms with Crippen LogP contribution in [0.2, 0.25) is 0 Å². The van der Waals surface area contributed by atoms with Crippen LogP contribution in [-0.2, 0) is 6.42 Å². The molecule has 0 aromatic heterocycles. The van der Waals surface area contributed by atoms with Crippen molar-refractivity contribution in [3.05, 3.63) is 210 Å². The normalized spacial score (nSPS) is 14.2. The molecule has 2 N–H and O–H groups in total. The molecule has 52 heavy (non-hydrogen) atoms. The second-order valence-electron chi connectivity index (χ2n) is 12.8. The maximum atomic E-state index is 5.72. The van der Waals surface area contributed by atoms with Crippen molar-refractivity contribution in [1.29, 1.82) is 0 Å². The molecule has 256 valence electrons. The number of benzene rings is 5. The monoisotopic (exact) mass is 674 g/mol. The Labute approximate surface area is 309 Å². The first-order chi connectivity index (χ1) is 25.5. The summed E-state index contributed by atoms with van der Waals surface area (Å²) in [4.78, 5) is 5.05. The van der Waals surface area contributed by atoms with E-state index in [9.17, 15) is 0 Å². The molecule has 2 nitrogen and oxygen atoms in total. The van der Waals surface area contributed by atoms with Crippen LogP contribution in [0.3, 0.4) is 0 Å². The van der Waals surface area contributed by atoms with Gasteiger partial charge in [0.1, 0.15) is 0 Å². The average Bonchev–Trinajstić information content (AvgIpc) is 3.19. The summed E-state index contributed by atoms with van der Waals surface area (Å²) in [5, 5.41) is 2.41. The van der Waals surface area contributed by atoms with Gasteiger partial charge in [0, 0.05) is 11.8 Å². The van der Waals surface area contributed by atoms with Gasteiger partial charge in [0.2, 0.25) is 0 Å². The Morgan fingerprint density at radius 2 is 1.33 bits per heavy atom. The number of rotatable bonds is 11. The molecule has 2 heteroatoms. The fraction of sp³-hybridized carbons (Fsp3) is 0.100. The van der Waals surface area contributed by atoms with E-state index in [-0.39, 0.29) is 0 Å². The van der Waals surface area contributed by atoms with Crippen molar-refractivity contribution < 1.29 is 0 Å². The number of nitrogens with zero attached hydrogens (tertiary/aromatic N) is 1. The highest BCUT2D eigenvalue weighted by atomic mass is 14.7. The molecule has 0 unspecified atom stereocenters. The number of hydrogen-bond acceptors (Lipinski definition) is 2. The second-order valence-corrected chi connectivity index (χ2v) is 12.8. The fourth-order valence-electron chi connectivity index (χ4n) is 6.78. The molecule has 1 aliphatic carbocycles. The number of allylic oxidation sites excluding steroid dienone is 13. The smallest absolute Gasteiger partial charge is 0.0742 e. The number of fused-ring (bicyclic) bond motifs is 2. The molecule has 0 amide bonds. The quantitative estimate of drug-likeness (QED) is 0.110. The molecule has 0 radical (unpaired) electrons. The van der Waals surface area contributed by atoms with Gasteiger partial charge in [0.25, 0.3) is 0 Å². The van der Waals surface area contributed by atoms with E-state index < -0.39 is 0 Å². The minimum absolute atomic E-state index is 0.863. The third-order valence-corrected chi connectivity index (χ3v) is 9.55. The molecular formula is C50H46N2. The van der Waals surface area contributed by atoms with E-state index in [1.807, 2.05) is 50.4 Å². The highest BCUT2D eigenvalue weighted by Crippen LogP contribution is 2.38. The lowest BCUT2D eigenvalue weighted by Gasteiger charge is -2.22. The van der Waals surface area contributed by atoms with Gasteiger partial charge in [-0.1, -0.05) is 140 Å². The van der Waals surface area contributed by atoms with Gasteiger partial charge in [-0.25, -0.2) is 0 Å². The third kappa shape index (κ3) is 8.20. The van der Waals surface area contributed by atoms with E-state index in [0.717, 1.165) is 46.4 Å². The molecule has 0 heterocycles. The van der Waals surface area contributed by atoms with E-state index in [2.05, 4.69) is 147 Å². The van der Waals surface area contributed by atoms with Crippen molar-refractivity contribution in [2.24, 2.45) is 10.7 Å². The highest BCUT2D eigenvalue weighted by molar-refractivity contribution is 5.92. The van der Waals surface area contributed by atoms with Gasteiger partial charge in [0.05, 0.1) is 5.70 Å². The maximum absolute atomic E-state index is 5.72. The Bertz CT molecular complexity index is 2340. The Balaban J connectivity index is 1.33. The summed E-state index contributed by atoms with van der Waals surface area (Å²) in [5.74, 6) is 0. The van der Waals surface area contributed by atoms with Gasteiger partial charge in [-0.3, -0.25) is 4.99 Å². The van der Waals surface area contributed by atoms with Crippen molar-refractivity contribution in [1.82, 2.24) is 0 Å². The number of aliphatic imine (C=N–C) groups is 1.